The highest BCUT2D eigenvalue weighted by Crippen LogP contribution is 2.39. The number of carbonyl (C=O) groups excluding carboxylic acids is 1. The van der Waals surface area contributed by atoms with Crippen molar-refractivity contribution in [1.29, 1.82) is 0 Å². The van der Waals surface area contributed by atoms with Gasteiger partial charge in [0.25, 0.3) is 0 Å². The van der Waals surface area contributed by atoms with Crippen LogP contribution in [0.15, 0.2) is 6.07 Å². The number of rotatable bonds is 3. The smallest absolute Gasteiger partial charge is 0.493 e. The van der Waals surface area contributed by atoms with E-state index in [0.717, 1.165) is 14.2 Å². The van der Waals surface area contributed by atoms with Crippen LogP contribution in [0.1, 0.15) is 16.2 Å². The molecule has 1 rings (SSSR count). The minimum absolute atomic E-state index is 0.174. The molecule has 0 bridgehead atoms. The Labute approximate surface area is 113 Å². The first kappa shape index (κ1) is 16.9. The van der Waals surface area contributed by atoms with Gasteiger partial charge in [-0.2, -0.15) is 13.2 Å². The predicted molar refractivity (Wildman–Crippen MR) is 53.8 cm³/mol. The predicted octanol–water partition coefficient (Wildman–Crippen LogP) is 2.79. The molecule has 0 atom stereocenters. The van der Waals surface area contributed by atoms with E-state index in [2.05, 4.69) is 19.2 Å². The average molecular weight is 319 g/mol. The third-order valence-corrected chi connectivity index (χ3v) is 2.05. The molecule has 0 aromatic carbocycles. The molecule has 0 aliphatic rings. The second kappa shape index (κ2) is 5.66. The molecule has 0 spiro atoms. The van der Waals surface area contributed by atoms with Crippen molar-refractivity contribution in [2.75, 3.05) is 14.2 Å². The number of alkyl halides is 6. The minimum Gasteiger partial charge on any atom is -0.493 e. The summed E-state index contributed by atoms with van der Waals surface area (Å²) in [6.07, 6.45) is -10.3. The molecule has 1 aromatic heterocycles. The second-order valence-corrected chi connectivity index (χ2v) is 3.42. The van der Waals surface area contributed by atoms with Crippen molar-refractivity contribution in [2.24, 2.45) is 0 Å². The SMILES string of the molecule is COC(=O)c1nc(C(F)(F)F)cc(OC)c1OC(F)(F)F. The number of nitrogens with zero attached hydrogens (tertiary/aromatic N) is 1. The number of ether oxygens (including phenoxy) is 3. The first-order valence-electron chi connectivity index (χ1n) is 5.00. The van der Waals surface area contributed by atoms with E-state index in [0.29, 0.717) is 0 Å². The second-order valence-electron chi connectivity index (χ2n) is 3.42. The number of pyridine rings is 1. The highest BCUT2D eigenvalue weighted by atomic mass is 19.4. The van der Waals surface area contributed by atoms with Crippen LogP contribution in [0.2, 0.25) is 0 Å². The van der Waals surface area contributed by atoms with E-state index in [1.54, 1.807) is 0 Å². The van der Waals surface area contributed by atoms with E-state index in [9.17, 15) is 31.1 Å². The average Bonchev–Trinajstić information content (AvgIpc) is 2.34. The maximum absolute atomic E-state index is 12.6. The fourth-order valence-corrected chi connectivity index (χ4v) is 1.26. The van der Waals surface area contributed by atoms with E-state index in [1.165, 1.54) is 0 Å². The third-order valence-electron chi connectivity index (χ3n) is 2.05. The molecule has 0 saturated carbocycles. The number of aromatic nitrogens is 1. The fourth-order valence-electron chi connectivity index (χ4n) is 1.26. The standard InChI is InChI=1S/C10H7F6NO4/c1-19-4-3-5(9(11,12)13)17-6(8(18)20-2)7(4)21-10(14,15)16/h3H,1-2H3. The van der Waals surface area contributed by atoms with E-state index < -0.39 is 41.4 Å². The Bertz CT molecular complexity index is 540. The van der Waals surface area contributed by atoms with Gasteiger partial charge in [0, 0.05) is 6.07 Å². The number of carbonyl (C=O) groups is 1. The first-order valence-corrected chi connectivity index (χ1v) is 5.00. The Balaban J connectivity index is 3.56. The summed E-state index contributed by atoms with van der Waals surface area (Å²) in [5.41, 5.74) is -2.93. The van der Waals surface area contributed by atoms with Gasteiger partial charge in [-0.1, -0.05) is 0 Å². The van der Waals surface area contributed by atoms with Gasteiger partial charge < -0.3 is 14.2 Å². The first-order chi connectivity index (χ1) is 9.49. The van der Waals surface area contributed by atoms with Crippen LogP contribution in [0.3, 0.4) is 0 Å². The summed E-state index contributed by atoms with van der Waals surface area (Å²) in [5, 5.41) is 0. The topological polar surface area (TPSA) is 57.7 Å². The maximum atomic E-state index is 12.6. The Morgan fingerprint density at radius 1 is 1.14 bits per heavy atom. The Hall–Kier alpha value is -2.20. The molecule has 0 amide bonds. The molecule has 0 unspecified atom stereocenters. The van der Waals surface area contributed by atoms with Crippen molar-refractivity contribution in [3.8, 4) is 11.5 Å². The lowest BCUT2D eigenvalue weighted by molar-refractivity contribution is -0.275. The van der Waals surface area contributed by atoms with Gasteiger partial charge in [-0.15, -0.1) is 13.2 Å². The van der Waals surface area contributed by atoms with Crippen LogP contribution in [0, 0.1) is 0 Å². The zero-order valence-electron chi connectivity index (χ0n) is 10.4. The molecule has 11 heteroatoms. The van der Waals surface area contributed by atoms with Crippen LogP contribution >= 0.6 is 0 Å². The number of esters is 1. The molecule has 0 saturated heterocycles. The lowest BCUT2D eigenvalue weighted by atomic mass is 10.2. The highest BCUT2D eigenvalue weighted by molar-refractivity contribution is 5.91. The molecule has 0 fully saturated rings. The molecule has 21 heavy (non-hydrogen) atoms. The van der Waals surface area contributed by atoms with Gasteiger partial charge in [0.05, 0.1) is 14.2 Å². The normalized spacial score (nSPS) is 12.0. The summed E-state index contributed by atoms with van der Waals surface area (Å²) >= 11 is 0. The zero-order valence-corrected chi connectivity index (χ0v) is 10.4. The molecule has 1 heterocycles. The quantitative estimate of drug-likeness (QED) is 0.633. The summed E-state index contributed by atoms with van der Waals surface area (Å²) < 4.78 is 86.5. The molecule has 0 N–H and O–H groups in total. The lowest BCUT2D eigenvalue weighted by Crippen LogP contribution is -2.22. The van der Waals surface area contributed by atoms with Gasteiger partial charge in [0.15, 0.2) is 11.4 Å². The van der Waals surface area contributed by atoms with Crippen molar-refractivity contribution in [1.82, 2.24) is 4.98 Å². The van der Waals surface area contributed by atoms with Gasteiger partial charge in [0.1, 0.15) is 5.69 Å². The van der Waals surface area contributed by atoms with Gasteiger partial charge in [-0.3, -0.25) is 0 Å². The summed E-state index contributed by atoms with van der Waals surface area (Å²) in [6, 6.07) is 0.174. The van der Waals surface area contributed by atoms with Crippen molar-refractivity contribution in [3.05, 3.63) is 17.5 Å². The van der Waals surface area contributed by atoms with Gasteiger partial charge in [-0.25, -0.2) is 9.78 Å². The van der Waals surface area contributed by atoms with Crippen LogP contribution in [0.4, 0.5) is 26.3 Å². The van der Waals surface area contributed by atoms with Crippen molar-refractivity contribution < 1.29 is 45.3 Å². The lowest BCUT2D eigenvalue weighted by Gasteiger charge is -2.16. The van der Waals surface area contributed by atoms with Gasteiger partial charge >= 0.3 is 18.5 Å². The number of hydrogen-bond acceptors (Lipinski definition) is 5. The van der Waals surface area contributed by atoms with Crippen LogP contribution in [-0.4, -0.2) is 31.5 Å². The summed E-state index contributed by atoms with van der Waals surface area (Å²) in [6.45, 7) is 0. The minimum atomic E-state index is -5.27. The van der Waals surface area contributed by atoms with E-state index >= 15 is 0 Å². The maximum Gasteiger partial charge on any atom is 0.573 e. The Morgan fingerprint density at radius 3 is 2.10 bits per heavy atom. The van der Waals surface area contributed by atoms with E-state index in [1.807, 2.05) is 0 Å². The number of halogens is 6. The molecule has 1 aromatic rings. The Kier molecular flexibility index (Phi) is 4.54. The molecule has 118 valence electrons. The monoisotopic (exact) mass is 319 g/mol. The largest absolute Gasteiger partial charge is 0.573 e. The highest BCUT2D eigenvalue weighted by Gasteiger charge is 2.40. The molecule has 5 nitrogen and oxygen atoms in total. The number of hydrogen-bond donors (Lipinski definition) is 0. The van der Waals surface area contributed by atoms with Crippen LogP contribution < -0.4 is 9.47 Å². The zero-order chi connectivity index (χ0) is 16.4. The van der Waals surface area contributed by atoms with Crippen LogP contribution in [0.25, 0.3) is 0 Å². The number of methoxy groups -OCH3 is 2. The van der Waals surface area contributed by atoms with Gasteiger partial charge in [0.2, 0.25) is 5.75 Å². The molecular formula is C10H7F6NO4. The van der Waals surface area contributed by atoms with E-state index in [-0.39, 0.29) is 6.07 Å². The Morgan fingerprint density at radius 2 is 1.71 bits per heavy atom. The molecule has 0 aliphatic carbocycles. The molecular weight excluding hydrogens is 312 g/mol. The van der Waals surface area contributed by atoms with E-state index in [4.69, 9.17) is 0 Å². The molecule has 0 aliphatic heterocycles. The summed E-state index contributed by atoms with van der Waals surface area (Å²) in [4.78, 5) is 14.1. The van der Waals surface area contributed by atoms with Crippen LogP contribution in [-0.2, 0) is 10.9 Å². The fraction of sp³-hybridized carbons (Fsp3) is 0.400. The summed E-state index contributed by atoms with van der Waals surface area (Å²) in [7, 11) is 1.56. The van der Waals surface area contributed by atoms with Crippen molar-refractivity contribution >= 4 is 5.97 Å². The third kappa shape index (κ3) is 4.13. The molecule has 0 radical (unpaired) electrons. The van der Waals surface area contributed by atoms with Crippen LogP contribution in [0.5, 0.6) is 11.5 Å². The summed E-state index contributed by atoms with van der Waals surface area (Å²) in [5.74, 6) is -3.82. The van der Waals surface area contributed by atoms with Crippen molar-refractivity contribution in [2.45, 2.75) is 12.5 Å². The van der Waals surface area contributed by atoms with Gasteiger partial charge in [-0.05, 0) is 0 Å². The van der Waals surface area contributed by atoms with Crippen molar-refractivity contribution in [3.63, 3.8) is 0 Å².